The Kier molecular flexibility index (Phi) is 5.21. The van der Waals surface area contributed by atoms with E-state index in [0.29, 0.717) is 29.4 Å². The van der Waals surface area contributed by atoms with Gasteiger partial charge in [-0.15, -0.1) is 0 Å². The van der Waals surface area contributed by atoms with E-state index in [4.69, 9.17) is 13.9 Å². The predicted molar refractivity (Wildman–Crippen MR) is 101 cm³/mol. The molecular formula is C20H23N3O4. The monoisotopic (exact) mass is 369 g/mol. The molecule has 0 radical (unpaired) electrons. The summed E-state index contributed by atoms with van der Waals surface area (Å²) in [5.41, 5.74) is 2.80. The lowest BCUT2D eigenvalue weighted by Gasteiger charge is -2.08. The first-order valence-corrected chi connectivity index (χ1v) is 8.53. The van der Waals surface area contributed by atoms with Crippen LogP contribution in [-0.4, -0.2) is 29.9 Å². The van der Waals surface area contributed by atoms with Crippen LogP contribution in [0.3, 0.4) is 0 Å². The summed E-state index contributed by atoms with van der Waals surface area (Å²) in [6, 6.07) is 9.12. The van der Waals surface area contributed by atoms with Crippen LogP contribution < -0.4 is 14.8 Å². The molecule has 0 atom stereocenters. The molecule has 7 nitrogen and oxygen atoms in total. The lowest BCUT2D eigenvalue weighted by Crippen LogP contribution is -2.25. The Morgan fingerprint density at radius 1 is 1.19 bits per heavy atom. The molecule has 0 unspecified atom stereocenters. The quantitative estimate of drug-likeness (QED) is 0.722. The van der Waals surface area contributed by atoms with Crippen molar-refractivity contribution >= 4 is 5.91 Å². The van der Waals surface area contributed by atoms with Crippen LogP contribution in [0.5, 0.6) is 11.5 Å². The van der Waals surface area contributed by atoms with Crippen LogP contribution in [0.1, 0.15) is 27.6 Å². The van der Waals surface area contributed by atoms with Gasteiger partial charge >= 0.3 is 0 Å². The molecule has 0 aliphatic heterocycles. The summed E-state index contributed by atoms with van der Waals surface area (Å²) in [4.78, 5) is 12.6. The smallest absolute Gasteiger partial charge is 0.269 e. The van der Waals surface area contributed by atoms with E-state index in [2.05, 4.69) is 10.4 Å². The van der Waals surface area contributed by atoms with E-state index in [1.54, 1.807) is 32.0 Å². The number of aryl methyl sites for hydroxylation is 3. The van der Waals surface area contributed by atoms with E-state index in [0.717, 1.165) is 22.6 Å². The molecule has 142 valence electrons. The zero-order valence-electron chi connectivity index (χ0n) is 16.1. The van der Waals surface area contributed by atoms with Crippen LogP contribution in [0, 0.1) is 13.8 Å². The van der Waals surface area contributed by atoms with E-state index >= 15 is 0 Å². The fourth-order valence-corrected chi connectivity index (χ4v) is 2.95. The van der Waals surface area contributed by atoms with Crippen molar-refractivity contribution in [2.75, 3.05) is 14.2 Å². The summed E-state index contributed by atoms with van der Waals surface area (Å²) in [6.45, 7) is 4.16. The molecule has 0 spiro atoms. The number of rotatable bonds is 6. The van der Waals surface area contributed by atoms with Gasteiger partial charge in [-0.05, 0) is 44.2 Å². The molecule has 27 heavy (non-hydrogen) atoms. The number of aromatic nitrogens is 2. The first-order valence-electron chi connectivity index (χ1n) is 8.53. The van der Waals surface area contributed by atoms with E-state index in [1.807, 2.05) is 38.1 Å². The second-order valence-electron chi connectivity index (χ2n) is 6.23. The first kappa shape index (κ1) is 18.6. The second-order valence-corrected chi connectivity index (χ2v) is 6.23. The minimum Gasteiger partial charge on any atom is -0.497 e. The van der Waals surface area contributed by atoms with Crippen molar-refractivity contribution < 1.29 is 18.7 Å². The highest BCUT2D eigenvalue weighted by molar-refractivity contribution is 5.94. The summed E-state index contributed by atoms with van der Waals surface area (Å²) < 4.78 is 17.7. The maximum Gasteiger partial charge on any atom is 0.269 e. The normalized spacial score (nSPS) is 10.7. The lowest BCUT2D eigenvalue weighted by atomic mass is 10.1. The van der Waals surface area contributed by atoms with Crippen molar-refractivity contribution in [1.29, 1.82) is 0 Å². The van der Waals surface area contributed by atoms with Crippen LogP contribution >= 0.6 is 0 Å². The molecule has 2 heterocycles. The zero-order chi connectivity index (χ0) is 19.6. The second kappa shape index (κ2) is 7.57. The Bertz CT molecular complexity index is 972. The SMILES string of the molecule is COc1ccc(OC)c(-c2cc(C(=O)NCc3cc(C)oc3C)n(C)n2)c1. The molecule has 2 aromatic heterocycles. The first-order chi connectivity index (χ1) is 12.9. The maximum absolute atomic E-state index is 12.6. The minimum absolute atomic E-state index is 0.212. The molecule has 3 rings (SSSR count). The van der Waals surface area contributed by atoms with Gasteiger partial charge in [0.25, 0.3) is 5.91 Å². The average Bonchev–Trinajstić information content (AvgIpc) is 3.20. The fourth-order valence-electron chi connectivity index (χ4n) is 2.95. The number of benzene rings is 1. The highest BCUT2D eigenvalue weighted by atomic mass is 16.5. The highest BCUT2D eigenvalue weighted by Gasteiger charge is 2.18. The lowest BCUT2D eigenvalue weighted by molar-refractivity contribution is 0.0941. The Balaban J connectivity index is 1.84. The number of hydrogen-bond acceptors (Lipinski definition) is 5. The Morgan fingerprint density at radius 2 is 1.96 bits per heavy atom. The molecule has 0 aliphatic carbocycles. The summed E-state index contributed by atoms with van der Waals surface area (Å²) in [6.07, 6.45) is 0. The van der Waals surface area contributed by atoms with Gasteiger partial charge in [-0.25, -0.2) is 0 Å². The highest BCUT2D eigenvalue weighted by Crippen LogP contribution is 2.32. The van der Waals surface area contributed by atoms with Crippen molar-refractivity contribution in [1.82, 2.24) is 15.1 Å². The van der Waals surface area contributed by atoms with Gasteiger partial charge in [0, 0.05) is 24.7 Å². The van der Waals surface area contributed by atoms with Gasteiger partial charge in [0.1, 0.15) is 28.7 Å². The number of ether oxygens (including phenoxy) is 2. The summed E-state index contributed by atoms with van der Waals surface area (Å²) in [5, 5.41) is 7.37. The van der Waals surface area contributed by atoms with Crippen LogP contribution in [0.15, 0.2) is 34.7 Å². The Morgan fingerprint density at radius 3 is 2.59 bits per heavy atom. The van der Waals surface area contributed by atoms with E-state index in [-0.39, 0.29) is 5.91 Å². The number of carbonyl (C=O) groups excluding carboxylic acids is 1. The number of nitrogens with one attached hydrogen (secondary N) is 1. The summed E-state index contributed by atoms with van der Waals surface area (Å²) >= 11 is 0. The third-order valence-electron chi connectivity index (χ3n) is 4.38. The largest absolute Gasteiger partial charge is 0.497 e. The number of hydrogen-bond donors (Lipinski definition) is 1. The van der Waals surface area contributed by atoms with Gasteiger partial charge in [0.05, 0.1) is 19.9 Å². The van der Waals surface area contributed by atoms with Crippen molar-refractivity contribution in [3.63, 3.8) is 0 Å². The van der Waals surface area contributed by atoms with E-state index in [1.165, 1.54) is 0 Å². The van der Waals surface area contributed by atoms with E-state index in [9.17, 15) is 4.79 Å². The molecular weight excluding hydrogens is 346 g/mol. The van der Waals surface area contributed by atoms with Gasteiger partial charge in [0.2, 0.25) is 0 Å². The van der Waals surface area contributed by atoms with E-state index < -0.39 is 0 Å². The van der Waals surface area contributed by atoms with Gasteiger partial charge in [0.15, 0.2) is 0 Å². The Labute approximate surface area is 157 Å². The topological polar surface area (TPSA) is 78.5 Å². The number of carbonyl (C=O) groups is 1. The van der Waals surface area contributed by atoms with Crippen LogP contribution in [0.4, 0.5) is 0 Å². The fraction of sp³-hybridized carbons (Fsp3) is 0.300. The molecule has 0 fully saturated rings. The molecule has 3 aromatic rings. The zero-order valence-corrected chi connectivity index (χ0v) is 16.1. The number of amides is 1. The van der Waals surface area contributed by atoms with Gasteiger partial charge in [-0.3, -0.25) is 9.48 Å². The Hall–Kier alpha value is -3.22. The molecule has 7 heteroatoms. The summed E-state index contributed by atoms with van der Waals surface area (Å²) in [5.74, 6) is 2.76. The number of furan rings is 1. The van der Waals surface area contributed by atoms with Crippen molar-refractivity contribution in [3.05, 3.63) is 53.1 Å². The molecule has 0 saturated carbocycles. The molecule has 0 saturated heterocycles. The van der Waals surface area contributed by atoms with Gasteiger partial charge in [-0.2, -0.15) is 5.10 Å². The van der Waals surface area contributed by atoms with Crippen LogP contribution in [0.25, 0.3) is 11.3 Å². The number of methoxy groups -OCH3 is 2. The van der Waals surface area contributed by atoms with Gasteiger partial charge in [-0.1, -0.05) is 0 Å². The molecule has 1 aromatic carbocycles. The molecule has 0 aliphatic rings. The van der Waals surface area contributed by atoms with Crippen molar-refractivity contribution in [3.8, 4) is 22.8 Å². The number of nitrogens with zero attached hydrogens (tertiary/aromatic N) is 2. The summed E-state index contributed by atoms with van der Waals surface area (Å²) in [7, 11) is 4.93. The standard InChI is InChI=1S/C20H23N3O4/c1-12-8-14(13(2)27-12)11-21-20(24)18-10-17(22-23(18)3)16-9-15(25-4)6-7-19(16)26-5/h6-10H,11H2,1-5H3,(H,21,24). The average molecular weight is 369 g/mol. The molecule has 1 amide bonds. The van der Waals surface area contributed by atoms with Crippen LogP contribution in [0.2, 0.25) is 0 Å². The molecule has 0 bridgehead atoms. The van der Waals surface area contributed by atoms with Crippen molar-refractivity contribution in [2.45, 2.75) is 20.4 Å². The predicted octanol–water partition coefficient (Wildman–Crippen LogP) is 3.24. The molecule has 1 N–H and O–H groups in total. The van der Waals surface area contributed by atoms with Crippen LogP contribution in [-0.2, 0) is 13.6 Å². The van der Waals surface area contributed by atoms with Gasteiger partial charge < -0.3 is 19.2 Å². The van der Waals surface area contributed by atoms with Crippen molar-refractivity contribution in [2.24, 2.45) is 7.05 Å². The minimum atomic E-state index is -0.212. The third kappa shape index (κ3) is 3.81. The third-order valence-corrected chi connectivity index (χ3v) is 4.38. The maximum atomic E-state index is 12.6.